The fraction of sp³-hybridized carbons (Fsp3) is 0.105. The van der Waals surface area contributed by atoms with E-state index in [1.807, 2.05) is 5.48 Å². The number of nitrogens with one attached hydrogen (secondary N) is 3. The minimum absolute atomic E-state index is 0.0880. The van der Waals surface area contributed by atoms with Crippen molar-refractivity contribution in [1.29, 1.82) is 0 Å². The Labute approximate surface area is 165 Å². The Morgan fingerprint density at radius 1 is 1.14 bits per heavy atom. The number of rotatable bonds is 5. The predicted molar refractivity (Wildman–Crippen MR) is 110 cm³/mol. The summed E-state index contributed by atoms with van der Waals surface area (Å²) in [5, 5.41) is 30.9. The number of hydrogen-bond donors (Lipinski definition) is 4. The minimum atomic E-state index is -0.495. The summed E-state index contributed by atoms with van der Waals surface area (Å²) >= 11 is 0. The maximum absolute atomic E-state index is 12.5. The van der Waals surface area contributed by atoms with E-state index in [1.165, 1.54) is 6.07 Å². The molecule has 10 heteroatoms. The van der Waals surface area contributed by atoms with Gasteiger partial charge in [0.05, 0.1) is 10.6 Å². The summed E-state index contributed by atoms with van der Waals surface area (Å²) in [6.45, 7) is 3.33. The highest BCUT2D eigenvalue weighted by atomic mass is 16.6. The average Bonchev–Trinajstić information content (AvgIpc) is 3.16. The Bertz CT molecular complexity index is 1130. The fourth-order valence-corrected chi connectivity index (χ4v) is 2.64. The van der Waals surface area contributed by atoms with E-state index < -0.39 is 10.8 Å². The van der Waals surface area contributed by atoms with Gasteiger partial charge in [-0.1, -0.05) is 24.3 Å². The maximum atomic E-state index is 12.5. The molecule has 0 atom stereocenters. The molecule has 0 aliphatic carbocycles. The molecule has 148 valence electrons. The number of carbonyl (C=O) groups is 1. The highest BCUT2D eigenvalue weighted by Gasteiger charge is 2.17. The van der Waals surface area contributed by atoms with E-state index in [9.17, 15) is 14.9 Å². The molecule has 0 saturated heterocycles. The molecule has 10 nitrogen and oxygen atoms in total. The molecule has 0 bridgehead atoms. The molecule has 1 aromatic heterocycles. The maximum Gasteiger partial charge on any atom is 0.293 e. The zero-order valence-electron chi connectivity index (χ0n) is 15.6. The number of benzene rings is 2. The number of fused-ring (bicyclic) bond motifs is 1. The fourth-order valence-electron chi connectivity index (χ4n) is 2.64. The minimum Gasteiger partial charge on any atom is -0.345 e. The summed E-state index contributed by atoms with van der Waals surface area (Å²) in [7, 11) is 0. The highest BCUT2D eigenvalue weighted by Crippen LogP contribution is 2.25. The first-order valence-corrected chi connectivity index (χ1v) is 8.56. The van der Waals surface area contributed by atoms with Crippen molar-refractivity contribution in [3.8, 4) is 0 Å². The summed E-state index contributed by atoms with van der Waals surface area (Å²) in [5.41, 5.74) is 4.30. The summed E-state index contributed by atoms with van der Waals surface area (Å²) < 4.78 is 0. The number of carbonyl (C=O) groups excluding carboxylic acids is 1. The van der Waals surface area contributed by atoms with Crippen molar-refractivity contribution in [1.82, 2.24) is 10.5 Å². The number of non-ortho nitro benzene ring substituents is 1. The zero-order chi connectivity index (χ0) is 21.0. The van der Waals surface area contributed by atoms with Gasteiger partial charge in [0.1, 0.15) is 17.0 Å². The molecule has 3 aromatic rings. The van der Waals surface area contributed by atoms with Gasteiger partial charge in [-0.05, 0) is 37.6 Å². The third-order valence-corrected chi connectivity index (χ3v) is 4.15. The second-order valence-electron chi connectivity index (χ2n) is 6.20. The van der Waals surface area contributed by atoms with E-state index in [-0.39, 0.29) is 17.2 Å². The van der Waals surface area contributed by atoms with Crippen molar-refractivity contribution in [2.45, 2.75) is 13.8 Å². The van der Waals surface area contributed by atoms with E-state index in [0.29, 0.717) is 22.3 Å². The number of amides is 1. The van der Waals surface area contributed by atoms with Crippen LogP contribution >= 0.6 is 0 Å². The number of para-hydroxylation sites is 1. The Morgan fingerprint density at radius 2 is 1.86 bits per heavy atom. The lowest BCUT2D eigenvalue weighted by atomic mass is 10.1. The topological polar surface area (TPSA) is 145 Å². The number of nitro benzene ring substituents is 1. The smallest absolute Gasteiger partial charge is 0.293 e. The molecule has 0 unspecified atom stereocenters. The molecule has 2 aromatic carbocycles. The van der Waals surface area contributed by atoms with Crippen molar-refractivity contribution in [3.05, 3.63) is 69.9 Å². The molecule has 0 aliphatic rings. The van der Waals surface area contributed by atoms with Crippen LogP contribution in [0.4, 0.5) is 11.4 Å². The van der Waals surface area contributed by atoms with Crippen LogP contribution in [0.3, 0.4) is 0 Å². The number of amidine groups is 1. The van der Waals surface area contributed by atoms with Crippen molar-refractivity contribution in [3.63, 3.8) is 0 Å². The molecule has 1 amide bonds. The van der Waals surface area contributed by atoms with Gasteiger partial charge in [-0.3, -0.25) is 25.6 Å². The second-order valence-corrected chi connectivity index (χ2v) is 6.20. The van der Waals surface area contributed by atoms with Gasteiger partial charge in [0.15, 0.2) is 0 Å². The van der Waals surface area contributed by atoms with E-state index in [2.05, 4.69) is 20.5 Å². The van der Waals surface area contributed by atoms with Gasteiger partial charge in [-0.15, -0.1) is 5.10 Å². The lowest BCUT2D eigenvalue weighted by molar-refractivity contribution is -0.383. The second kappa shape index (κ2) is 8.31. The number of nitrogens with zero attached hydrogens (tertiary/aromatic N) is 3. The van der Waals surface area contributed by atoms with Gasteiger partial charge in [-0.2, -0.15) is 5.10 Å². The van der Waals surface area contributed by atoms with Crippen molar-refractivity contribution < 1.29 is 14.9 Å². The number of aromatic nitrogens is 1. The van der Waals surface area contributed by atoms with E-state index in [0.717, 1.165) is 5.56 Å². The van der Waals surface area contributed by atoms with Crippen LogP contribution in [0.1, 0.15) is 29.9 Å². The largest absolute Gasteiger partial charge is 0.345 e. The first kappa shape index (κ1) is 19.7. The molecule has 29 heavy (non-hydrogen) atoms. The number of anilines is 1. The summed E-state index contributed by atoms with van der Waals surface area (Å²) in [5.74, 6) is -0.158. The van der Waals surface area contributed by atoms with Gasteiger partial charge < -0.3 is 10.3 Å². The SMILES string of the molecule is CC(=NN=C(C)c1ccc(NC(=O)c2cc3cccc([N+](=O)[O-])c3[nH]2)cc1)NO. The van der Waals surface area contributed by atoms with Crippen LogP contribution in [-0.2, 0) is 0 Å². The Balaban J connectivity index is 1.77. The third kappa shape index (κ3) is 4.45. The molecule has 0 radical (unpaired) electrons. The third-order valence-electron chi connectivity index (χ3n) is 4.15. The Hall–Kier alpha value is -4.05. The van der Waals surface area contributed by atoms with E-state index in [1.54, 1.807) is 56.3 Å². The van der Waals surface area contributed by atoms with Crippen molar-refractivity contribution >= 4 is 39.7 Å². The predicted octanol–water partition coefficient (Wildman–Crippen LogP) is 3.45. The quantitative estimate of drug-likeness (QED) is 0.227. The molecule has 0 fully saturated rings. The van der Waals surface area contributed by atoms with Crippen molar-refractivity contribution in [2.24, 2.45) is 10.2 Å². The monoisotopic (exact) mass is 394 g/mol. The van der Waals surface area contributed by atoms with Gasteiger partial charge in [0.25, 0.3) is 11.6 Å². The molecule has 1 heterocycles. The van der Waals surface area contributed by atoms with Crippen LogP contribution < -0.4 is 10.8 Å². The van der Waals surface area contributed by atoms with Gasteiger partial charge in [-0.25, -0.2) is 0 Å². The van der Waals surface area contributed by atoms with Crippen LogP contribution in [0.15, 0.2) is 58.7 Å². The van der Waals surface area contributed by atoms with Gasteiger partial charge in [0.2, 0.25) is 0 Å². The zero-order valence-corrected chi connectivity index (χ0v) is 15.6. The number of hydroxylamine groups is 1. The molecule has 0 spiro atoms. The molecular weight excluding hydrogens is 376 g/mol. The number of aromatic amines is 1. The van der Waals surface area contributed by atoms with Crippen LogP contribution in [0.5, 0.6) is 0 Å². The average molecular weight is 394 g/mol. The molecule has 4 N–H and O–H groups in total. The first-order valence-electron chi connectivity index (χ1n) is 8.56. The van der Waals surface area contributed by atoms with E-state index in [4.69, 9.17) is 5.21 Å². The highest BCUT2D eigenvalue weighted by molar-refractivity contribution is 6.07. The molecule has 0 saturated carbocycles. The number of hydrogen-bond acceptors (Lipinski definition) is 6. The first-order chi connectivity index (χ1) is 13.9. The summed E-state index contributed by atoms with van der Waals surface area (Å²) in [6, 6.07) is 13.2. The molecule has 3 rings (SSSR count). The van der Waals surface area contributed by atoms with E-state index >= 15 is 0 Å². The Kier molecular flexibility index (Phi) is 5.65. The number of H-pyrrole nitrogens is 1. The Morgan fingerprint density at radius 3 is 2.52 bits per heavy atom. The van der Waals surface area contributed by atoms with Crippen LogP contribution in [0, 0.1) is 10.1 Å². The molecule has 0 aliphatic heterocycles. The van der Waals surface area contributed by atoms with Crippen LogP contribution in [0.25, 0.3) is 10.9 Å². The summed E-state index contributed by atoms with van der Waals surface area (Å²) in [4.78, 5) is 26.0. The normalized spacial score (nSPS) is 12.1. The van der Waals surface area contributed by atoms with Crippen LogP contribution in [0.2, 0.25) is 0 Å². The van der Waals surface area contributed by atoms with Gasteiger partial charge >= 0.3 is 0 Å². The van der Waals surface area contributed by atoms with Gasteiger partial charge in [0, 0.05) is 17.1 Å². The van der Waals surface area contributed by atoms with Crippen LogP contribution in [-0.4, -0.2) is 32.6 Å². The van der Waals surface area contributed by atoms with Crippen molar-refractivity contribution in [2.75, 3.05) is 5.32 Å². The lowest BCUT2D eigenvalue weighted by Gasteiger charge is -2.05. The molecular formula is C19H18N6O4. The standard InChI is InChI=1S/C19H18N6O4/c1-11(22-23-12(2)24-27)13-6-8-15(9-7-13)20-19(26)16-10-14-4-3-5-17(25(28)29)18(14)21-16/h3-10,21,27H,1-2H3,(H,20,26)(H,23,24). The number of nitro groups is 1. The lowest BCUT2D eigenvalue weighted by Crippen LogP contribution is -2.14. The summed E-state index contributed by atoms with van der Waals surface area (Å²) in [6.07, 6.45) is 0.